The van der Waals surface area contributed by atoms with Crippen molar-refractivity contribution in [2.45, 2.75) is 0 Å². The minimum atomic E-state index is -0.510. The summed E-state index contributed by atoms with van der Waals surface area (Å²) in [5, 5.41) is 11.6. The third kappa shape index (κ3) is 3.56. The van der Waals surface area contributed by atoms with E-state index < -0.39 is 4.92 Å². The fraction of sp³-hybridized carbons (Fsp3) is 0.0435. The molecule has 4 aromatic rings. The number of hydrogen-bond donors (Lipinski definition) is 0. The zero-order chi connectivity index (χ0) is 21.1. The summed E-state index contributed by atoms with van der Waals surface area (Å²) in [4.78, 5) is 28.6. The maximum Gasteiger partial charge on any atom is 0.273 e. The van der Waals surface area contributed by atoms with Crippen molar-refractivity contribution < 1.29 is 9.66 Å². The lowest BCUT2D eigenvalue weighted by atomic mass is 10.2. The Morgan fingerprint density at radius 3 is 2.47 bits per heavy atom. The molecule has 0 unspecified atom stereocenters. The molecule has 0 saturated carbocycles. The largest absolute Gasteiger partial charge is 0.494 e. The predicted octanol–water partition coefficient (Wildman–Crippen LogP) is 4.47. The molecule has 0 radical (unpaired) electrons. The maximum absolute atomic E-state index is 13.3. The quantitative estimate of drug-likeness (QED) is 0.365. The third-order valence-corrected chi connectivity index (χ3v) is 4.64. The summed E-state index contributed by atoms with van der Waals surface area (Å²) in [6.07, 6.45) is 3.59. The minimum Gasteiger partial charge on any atom is -0.494 e. The van der Waals surface area contributed by atoms with Crippen LogP contribution in [0.3, 0.4) is 0 Å². The highest BCUT2D eigenvalue weighted by molar-refractivity contribution is 5.80. The molecule has 148 valence electrons. The number of benzene rings is 3. The highest BCUT2D eigenvalue weighted by atomic mass is 16.6. The van der Waals surface area contributed by atoms with E-state index in [-0.39, 0.29) is 17.0 Å². The van der Waals surface area contributed by atoms with Gasteiger partial charge in [0.15, 0.2) is 0 Å². The van der Waals surface area contributed by atoms with E-state index in [1.165, 1.54) is 29.9 Å². The molecular weight excluding hydrogens is 382 g/mol. The predicted molar refractivity (Wildman–Crippen MR) is 116 cm³/mol. The highest BCUT2D eigenvalue weighted by Gasteiger charge is 2.17. The van der Waals surface area contributed by atoms with E-state index in [1.54, 1.807) is 24.3 Å². The molecule has 1 heterocycles. The van der Waals surface area contributed by atoms with E-state index in [2.05, 4.69) is 4.98 Å². The summed E-state index contributed by atoms with van der Waals surface area (Å²) in [6.45, 7) is 0. The average Bonchev–Trinajstić information content (AvgIpc) is 2.78. The Morgan fingerprint density at radius 1 is 1.00 bits per heavy atom. The summed E-state index contributed by atoms with van der Waals surface area (Å²) in [5.74, 6) is 0.590. The number of methoxy groups -OCH3 is 1. The number of hydrogen-bond acceptors (Lipinski definition) is 5. The van der Waals surface area contributed by atoms with Crippen LogP contribution < -0.4 is 10.3 Å². The van der Waals surface area contributed by atoms with E-state index in [0.29, 0.717) is 22.4 Å². The second-order valence-corrected chi connectivity index (χ2v) is 6.48. The van der Waals surface area contributed by atoms with Gasteiger partial charge < -0.3 is 4.74 Å². The van der Waals surface area contributed by atoms with Gasteiger partial charge in [0.25, 0.3) is 11.2 Å². The molecule has 0 fully saturated rings. The van der Waals surface area contributed by atoms with Crippen LogP contribution in [0.15, 0.2) is 77.6 Å². The van der Waals surface area contributed by atoms with Crippen LogP contribution in [0.5, 0.6) is 5.75 Å². The van der Waals surface area contributed by atoms with Crippen LogP contribution >= 0.6 is 0 Å². The van der Waals surface area contributed by atoms with Crippen molar-refractivity contribution in [1.29, 1.82) is 0 Å². The Morgan fingerprint density at radius 2 is 1.73 bits per heavy atom. The number of aromatic nitrogens is 2. The van der Waals surface area contributed by atoms with Crippen LogP contribution in [-0.2, 0) is 0 Å². The van der Waals surface area contributed by atoms with Gasteiger partial charge in [0.1, 0.15) is 11.6 Å². The Hall–Kier alpha value is -4.26. The molecular formula is C23H17N3O4. The molecule has 7 heteroatoms. The number of para-hydroxylation sites is 1. The molecule has 0 aliphatic rings. The molecule has 7 nitrogen and oxygen atoms in total. The number of nitro benzene ring substituents is 1. The SMILES string of the molecule is COc1cc([N+](=O)[O-])ccc1-n1c(/C=C/c2ccccc2)nc2ccccc2c1=O. The Bertz CT molecular complexity index is 1330. The molecule has 1 aromatic heterocycles. The lowest BCUT2D eigenvalue weighted by molar-refractivity contribution is -0.384. The van der Waals surface area contributed by atoms with Crippen LogP contribution in [0.25, 0.3) is 28.7 Å². The molecule has 0 N–H and O–H groups in total. The Balaban J connectivity index is 1.98. The number of non-ortho nitro benzene ring substituents is 1. The summed E-state index contributed by atoms with van der Waals surface area (Å²) >= 11 is 0. The number of nitro groups is 1. The van der Waals surface area contributed by atoms with Crippen LogP contribution in [-0.4, -0.2) is 21.6 Å². The normalized spacial score (nSPS) is 11.1. The fourth-order valence-corrected chi connectivity index (χ4v) is 3.19. The van der Waals surface area contributed by atoms with Crippen molar-refractivity contribution in [3.05, 3.63) is 105 Å². The summed E-state index contributed by atoms with van der Waals surface area (Å²) in [6, 6.07) is 20.8. The van der Waals surface area contributed by atoms with Gasteiger partial charge in [-0.3, -0.25) is 19.5 Å². The average molecular weight is 399 g/mol. The standard InChI is InChI=1S/C23H17N3O4/c1-30-21-15-17(26(28)29)12-13-20(21)25-22(14-11-16-7-3-2-4-8-16)24-19-10-6-5-9-18(19)23(25)27/h2-15H,1H3/b14-11+. The van der Waals surface area contributed by atoms with Crippen LogP contribution in [0.4, 0.5) is 5.69 Å². The van der Waals surface area contributed by atoms with E-state index >= 15 is 0 Å². The lowest BCUT2D eigenvalue weighted by Gasteiger charge is -2.14. The smallest absolute Gasteiger partial charge is 0.273 e. The van der Waals surface area contributed by atoms with Crippen molar-refractivity contribution in [1.82, 2.24) is 9.55 Å². The van der Waals surface area contributed by atoms with Crippen LogP contribution in [0.1, 0.15) is 11.4 Å². The van der Waals surface area contributed by atoms with Gasteiger partial charge in [-0.2, -0.15) is 0 Å². The summed E-state index contributed by atoms with van der Waals surface area (Å²) in [5.41, 5.74) is 1.47. The summed E-state index contributed by atoms with van der Waals surface area (Å²) in [7, 11) is 1.40. The van der Waals surface area contributed by atoms with E-state index in [9.17, 15) is 14.9 Å². The number of fused-ring (bicyclic) bond motifs is 1. The number of nitrogens with zero attached hydrogens (tertiary/aromatic N) is 3. The molecule has 3 aromatic carbocycles. The fourth-order valence-electron chi connectivity index (χ4n) is 3.19. The van der Waals surface area contributed by atoms with Crippen LogP contribution in [0, 0.1) is 10.1 Å². The molecule has 0 spiro atoms. The number of ether oxygens (including phenoxy) is 1. The zero-order valence-electron chi connectivity index (χ0n) is 16.1. The molecule has 0 bridgehead atoms. The topological polar surface area (TPSA) is 87.3 Å². The van der Waals surface area contributed by atoms with E-state index in [4.69, 9.17) is 4.74 Å². The monoisotopic (exact) mass is 399 g/mol. The maximum atomic E-state index is 13.3. The Kier molecular flexibility index (Phi) is 5.09. The van der Waals surface area contributed by atoms with Gasteiger partial charge in [-0.15, -0.1) is 0 Å². The highest BCUT2D eigenvalue weighted by Crippen LogP contribution is 2.28. The van der Waals surface area contributed by atoms with E-state index in [0.717, 1.165) is 5.56 Å². The molecule has 0 aliphatic heterocycles. The number of rotatable bonds is 5. The van der Waals surface area contributed by atoms with Gasteiger partial charge in [-0.05, 0) is 29.8 Å². The van der Waals surface area contributed by atoms with Crippen molar-refractivity contribution in [2.24, 2.45) is 0 Å². The van der Waals surface area contributed by atoms with Crippen LogP contribution in [0.2, 0.25) is 0 Å². The molecule has 0 atom stereocenters. The second kappa shape index (κ2) is 8.00. The van der Waals surface area contributed by atoms with Gasteiger partial charge in [0, 0.05) is 6.07 Å². The first-order valence-corrected chi connectivity index (χ1v) is 9.16. The molecule has 0 saturated heterocycles. The zero-order valence-corrected chi connectivity index (χ0v) is 16.1. The Labute approximate surface area is 171 Å². The van der Waals surface area contributed by atoms with Gasteiger partial charge in [0.2, 0.25) is 0 Å². The van der Waals surface area contributed by atoms with Crippen molar-refractivity contribution in [2.75, 3.05) is 7.11 Å². The minimum absolute atomic E-state index is 0.126. The van der Waals surface area contributed by atoms with Crippen molar-refractivity contribution in [3.63, 3.8) is 0 Å². The van der Waals surface area contributed by atoms with Crippen molar-refractivity contribution in [3.8, 4) is 11.4 Å². The van der Waals surface area contributed by atoms with Gasteiger partial charge in [0.05, 0.1) is 34.7 Å². The van der Waals surface area contributed by atoms with Crippen molar-refractivity contribution >= 4 is 28.7 Å². The third-order valence-electron chi connectivity index (χ3n) is 4.64. The first-order valence-electron chi connectivity index (χ1n) is 9.16. The molecule has 30 heavy (non-hydrogen) atoms. The first kappa shape index (κ1) is 19.1. The van der Waals surface area contributed by atoms with Gasteiger partial charge in [-0.25, -0.2) is 4.98 Å². The first-order chi connectivity index (χ1) is 14.6. The lowest BCUT2D eigenvalue weighted by Crippen LogP contribution is -2.23. The van der Waals surface area contributed by atoms with E-state index in [1.807, 2.05) is 42.5 Å². The van der Waals surface area contributed by atoms with Gasteiger partial charge >= 0.3 is 0 Å². The molecule has 0 amide bonds. The molecule has 0 aliphatic carbocycles. The molecule has 4 rings (SSSR count). The summed E-state index contributed by atoms with van der Waals surface area (Å²) < 4.78 is 6.77. The van der Waals surface area contributed by atoms with Gasteiger partial charge in [-0.1, -0.05) is 48.5 Å². The second-order valence-electron chi connectivity index (χ2n) is 6.48.